The third-order valence-electron chi connectivity index (χ3n) is 2.58. The summed E-state index contributed by atoms with van der Waals surface area (Å²) in [6.07, 6.45) is 0. The van der Waals surface area contributed by atoms with Gasteiger partial charge in [0.1, 0.15) is 17.3 Å². The smallest absolute Gasteiger partial charge is 0.149 e. The molecule has 0 aliphatic carbocycles. The Morgan fingerprint density at radius 1 is 1.25 bits per heavy atom. The second-order valence-corrected chi connectivity index (χ2v) is 4.14. The minimum atomic E-state index is -0.513. The number of hydrogen-bond acceptors (Lipinski definition) is 2. The summed E-state index contributed by atoms with van der Waals surface area (Å²) in [6, 6.07) is 2.79. The standard InChI is InChI=1S/C12H18F2N2/c1-8(2)16(4)12-10(13)5-9(7-15-3)6-11(12)14/h5-6,8,15H,7H2,1-4H3. The van der Waals surface area contributed by atoms with Crippen molar-refractivity contribution in [1.82, 2.24) is 5.32 Å². The second-order valence-electron chi connectivity index (χ2n) is 4.14. The average Bonchev–Trinajstić information content (AvgIpc) is 2.16. The van der Waals surface area contributed by atoms with E-state index in [1.54, 1.807) is 19.0 Å². The van der Waals surface area contributed by atoms with E-state index in [2.05, 4.69) is 5.32 Å². The van der Waals surface area contributed by atoms with Gasteiger partial charge in [-0.1, -0.05) is 0 Å². The van der Waals surface area contributed by atoms with Crippen LogP contribution < -0.4 is 10.2 Å². The molecule has 0 aromatic heterocycles. The fourth-order valence-corrected chi connectivity index (χ4v) is 1.52. The fraction of sp³-hybridized carbons (Fsp3) is 0.500. The molecule has 0 aliphatic heterocycles. The molecule has 90 valence electrons. The van der Waals surface area contributed by atoms with Gasteiger partial charge < -0.3 is 10.2 Å². The maximum atomic E-state index is 13.7. The van der Waals surface area contributed by atoms with Crippen LogP contribution in [0.15, 0.2) is 12.1 Å². The molecule has 0 spiro atoms. The van der Waals surface area contributed by atoms with Gasteiger partial charge in [-0.05, 0) is 38.6 Å². The summed E-state index contributed by atoms with van der Waals surface area (Å²) < 4.78 is 27.5. The van der Waals surface area contributed by atoms with Gasteiger partial charge in [0, 0.05) is 19.6 Å². The number of nitrogens with zero attached hydrogens (tertiary/aromatic N) is 1. The maximum absolute atomic E-state index is 13.7. The first kappa shape index (κ1) is 12.9. The predicted molar refractivity (Wildman–Crippen MR) is 62.7 cm³/mol. The van der Waals surface area contributed by atoms with E-state index < -0.39 is 11.6 Å². The molecule has 2 nitrogen and oxygen atoms in total. The van der Waals surface area contributed by atoms with Gasteiger partial charge >= 0.3 is 0 Å². The first-order chi connectivity index (χ1) is 7.47. The van der Waals surface area contributed by atoms with E-state index in [0.717, 1.165) is 0 Å². The Hall–Kier alpha value is -1.16. The van der Waals surface area contributed by atoms with E-state index in [9.17, 15) is 8.78 Å². The molecule has 0 heterocycles. The summed E-state index contributed by atoms with van der Waals surface area (Å²) in [5, 5.41) is 2.86. The molecule has 0 radical (unpaired) electrons. The highest BCUT2D eigenvalue weighted by Crippen LogP contribution is 2.25. The first-order valence-electron chi connectivity index (χ1n) is 5.32. The van der Waals surface area contributed by atoms with E-state index >= 15 is 0 Å². The Kier molecular flexibility index (Phi) is 4.24. The van der Waals surface area contributed by atoms with Crippen LogP contribution in [-0.2, 0) is 6.54 Å². The lowest BCUT2D eigenvalue weighted by Crippen LogP contribution is -2.27. The van der Waals surface area contributed by atoms with E-state index in [1.165, 1.54) is 12.1 Å². The molecule has 4 heteroatoms. The van der Waals surface area contributed by atoms with Crippen molar-refractivity contribution in [3.63, 3.8) is 0 Å². The van der Waals surface area contributed by atoms with Gasteiger partial charge in [0.2, 0.25) is 0 Å². The quantitative estimate of drug-likeness (QED) is 0.852. The molecule has 0 atom stereocenters. The summed E-state index contributed by atoms with van der Waals surface area (Å²) in [5.41, 5.74) is 0.647. The Labute approximate surface area is 95.3 Å². The minimum absolute atomic E-state index is 0.0369. The average molecular weight is 228 g/mol. The Morgan fingerprint density at radius 2 is 1.75 bits per heavy atom. The van der Waals surface area contributed by atoms with Crippen LogP contribution in [0.25, 0.3) is 0 Å². The number of rotatable bonds is 4. The fourth-order valence-electron chi connectivity index (χ4n) is 1.52. The van der Waals surface area contributed by atoms with Crippen molar-refractivity contribution < 1.29 is 8.78 Å². The van der Waals surface area contributed by atoms with Gasteiger partial charge in [-0.2, -0.15) is 0 Å². The van der Waals surface area contributed by atoms with Crippen molar-refractivity contribution >= 4 is 5.69 Å². The predicted octanol–water partition coefficient (Wildman–Crippen LogP) is 2.53. The summed E-state index contributed by atoms with van der Waals surface area (Å²) in [7, 11) is 3.42. The van der Waals surface area contributed by atoms with Crippen LogP contribution in [0.1, 0.15) is 19.4 Å². The molecule has 1 rings (SSSR count). The second kappa shape index (κ2) is 5.25. The zero-order valence-electron chi connectivity index (χ0n) is 10.1. The lowest BCUT2D eigenvalue weighted by molar-refractivity contribution is 0.563. The molecular formula is C12H18F2N2. The molecule has 0 saturated heterocycles. The minimum Gasteiger partial charge on any atom is -0.367 e. The van der Waals surface area contributed by atoms with Crippen LogP contribution in [-0.4, -0.2) is 20.1 Å². The molecule has 0 unspecified atom stereocenters. The van der Waals surface area contributed by atoms with Gasteiger partial charge in [0.05, 0.1) is 0 Å². The summed E-state index contributed by atoms with van der Waals surface area (Å²) in [6.45, 7) is 4.24. The van der Waals surface area contributed by atoms with Crippen molar-refractivity contribution in [3.8, 4) is 0 Å². The van der Waals surface area contributed by atoms with Crippen LogP contribution in [0.3, 0.4) is 0 Å². The number of hydrogen-bond donors (Lipinski definition) is 1. The van der Waals surface area contributed by atoms with Crippen molar-refractivity contribution in [1.29, 1.82) is 0 Å². The van der Waals surface area contributed by atoms with Gasteiger partial charge in [-0.15, -0.1) is 0 Å². The topological polar surface area (TPSA) is 15.3 Å². The molecule has 0 fully saturated rings. The zero-order valence-corrected chi connectivity index (χ0v) is 10.1. The molecule has 1 aromatic carbocycles. The molecule has 16 heavy (non-hydrogen) atoms. The van der Waals surface area contributed by atoms with E-state index in [0.29, 0.717) is 12.1 Å². The third-order valence-corrected chi connectivity index (χ3v) is 2.58. The van der Waals surface area contributed by atoms with Gasteiger partial charge in [0.25, 0.3) is 0 Å². The number of halogens is 2. The molecule has 0 aliphatic rings. The van der Waals surface area contributed by atoms with E-state index in [1.807, 2.05) is 13.8 Å². The SMILES string of the molecule is CNCc1cc(F)c(N(C)C(C)C)c(F)c1. The molecule has 0 saturated carbocycles. The van der Waals surface area contributed by atoms with Crippen molar-refractivity contribution in [2.75, 3.05) is 19.0 Å². The summed E-state index contributed by atoms with van der Waals surface area (Å²) in [5.74, 6) is -1.03. The highest BCUT2D eigenvalue weighted by molar-refractivity contribution is 5.50. The molecule has 1 aromatic rings. The lowest BCUT2D eigenvalue weighted by atomic mass is 10.1. The van der Waals surface area contributed by atoms with Crippen LogP contribution in [0, 0.1) is 11.6 Å². The molecule has 0 amide bonds. The maximum Gasteiger partial charge on any atom is 0.149 e. The molecular weight excluding hydrogens is 210 g/mol. The number of benzene rings is 1. The molecule has 1 N–H and O–H groups in total. The zero-order chi connectivity index (χ0) is 12.3. The van der Waals surface area contributed by atoms with E-state index in [-0.39, 0.29) is 11.7 Å². The normalized spacial score (nSPS) is 10.9. The Bertz CT molecular complexity index is 341. The van der Waals surface area contributed by atoms with Crippen molar-refractivity contribution in [3.05, 3.63) is 29.3 Å². The lowest BCUT2D eigenvalue weighted by Gasteiger charge is -2.25. The Balaban J connectivity index is 3.12. The highest BCUT2D eigenvalue weighted by atomic mass is 19.1. The first-order valence-corrected chi connectivity index (χ1v) is 5.32. The van der Waals surface area contributed by atoms with Crippen LogP contribution in [0.4, 0.5) is 14.5 Å². The highest BCUT2D eigenvalue weighted by Gasteiger charge is 2.16. The van der Waals surface area contributed by atoms with Crippen molar-refractivity contribution in [2.45, 2.75) is 26.4 Å². The Morgan fingerprint density at radius 3 is 2.12 bits per heavy atom. The van der Waals surface area contributed by atoms with E-state index in [4.69, 9.17) is 0 Å². The van der Waals surface area contributed by atoms with Crippen molar-refractivity contribution in [2.24, 2.45) is 0 Å². The van der Waals surface area contributed by atoms with Gasteiger partial charge in [-0.25, -0.2) is 8.78 Å². The number of anilines is 1. The van der Waals surface area contributed by atoms with Gasteiger partial charge in [-0.3, -0.25) is 0 Å². The van der Waals surface area contributed by atoms with Gasteiger partial charge in [0.15, 0.2) is 0 Å². The largest absolute Gasteiger partial charge is 0.367 e. The van der Waals surface area contributed by atoms with Crippen LogP contribution >= 0.6 is 0 Å². The summed E-state index contributed by atoms with van der Waals surface area (Å²) in [4.78, 5) is 1.59. The molecule has 0 bridgehead atoms. The summed E-state index contributed by atoms with van der Waals surface area (Å²) >= 11 is 0. The van der Waals surface area contributed by atoms with Crippen LogP contribution in [0.2, 0.25) is 0 Å². The number of nitrogens with one attached hydrogen (secondary N) is 1. The monoisotopic (exact) mass is 228 g/mol. The third kappa shape index (κ3) is 2.70. The van der Waals surface area contributed by atoms with Crippen LogP contribution in [0.5, 0.6) is 0 Å².